The van der Waals surface area contributed by atoms with E-state index in [2.05, 4.69) is 4.72 Å². The highest BCUT2D eigenvalue weighted by Gasteiger charge is 2.28. The molecule has 114 valence electrons. The Kier molecular flexibility index (Phi) is 8.90. The minimum atomic E-state index is -3.66. The van der Waals surface area contributed by atoms with Crippen molar-refractivity contribution in [3.63, 3.8) is 0 Å². The molecule has 8 heteroatoms. The Morgan fingerprint density at radius 2 is 1.95 bits per heavy atom. The van der Waals surface area contributed by atoms with Crippen molar-refractivity contribution in [1.29, 1.82) is 0 Å². The van der Waals surface area contributed by atoms with Gasteiger partial charge in [0.2, 0.25) is 10.0 Å². The van der Waals surface area contributed by atoms with Crippen LogP contribution in [0.4, 0.5) is 0 Å². The minimum Gasteiger partial charge on any atom is -0.480 e. The Morgan fingerprint density at radius 3 is 2.42 bits per heavy atom. The third-order valence-electron chi connectivity index (χ3n) is 2.71. The van der Waals surface area contributed by atoms with Crippen LogP contribution in [0.25, 0.3) is 0 Å². The van der Waals surface area contributed by atoms with E-state index >= 15 is 0 Å². The molecule has 0 aliphatic rings. The van der Waals surface area contributed by atoms with E-state index in [4.69, 9.17) is 14.6 Å². The molecule has 0 saturated heterocycles. The average molecular weight is 297 g/mol. The lowest BCUT2D eigenvalue weighted by atomic mass is 10.0. The molecule has 0 bridgehead atoms. The topological polar surface area (TPSA) is 102 Å². The van der Waals surface area contributed by atoms with Gasteiger partial charge in [0.05, 0.1) is 25.6 Å². The van der Waals surface area contributed by atoms with Crippen molar-refractivity contribution in [2.24, 2.45) is 5.92 Å². The summed E-state index contributed by atoms with van der Waals surface area (Å²) in [5.41, 5.74) is 0. The van der Waals surface area contributed by atoms with Gasteiger partial charge in [0.1, 0.15) is 6.04 Å². The summed E-state index contributed by atoms with van der Waals surface area (Å²) in [5.74, 6) is -1.71. The number of hydrogen-bond donors (Lipinski definition) is 2. The number of nitrogens with one attached hydrogen (secondary N) is 1. The Balaban J connectivity index is 4.28. The molecule has 0 aromatic heterocycles. The molecule has 0 amide bonds. The van der Waals surface area contributed by atoms with Gasteiger partial charge in [0.25, 0.3) is 0 Å². The van der Waals surface area contributed by atoms with Crippen LogP contribution in [0.2, 0.25) is 0 Å². The van der Waals surface area contributed by atoms with Crippen molar-refractivity contribution >= 4 is 16.0 Å². The molecule has 19 heavy (non-hydrogen) atoms. The smallest absolute Gasteiger partial charge is 0.322 e. The maximum atomic E-state index is 11.7. The van der Waals surface area contributed by atoms with Gasteiger partial charge in [-0.1, -0.05) is 20.3 Å². The predicted octanol–water partition coefficient (Wildman–Crippen LogP) is 0.0681. The summed E-state index contributed by atoms with van der Waals surface area (Å²) in [6.45, 7) is 4.20. The monoisotopic (exact) mass is 297 g/mol. The van der Waals surface area contributed by atoms with Gasteiger partial charge in [-0.3, -0.25) is 4.79 Å². The van der Waals surface area contributed by atoms with Crippen molar-refractivity contribution in [3.05, 3.63) is 0 Å². The molecule has 2 N–H and O–H groups in total. The van der Waals surface area contributed by atoms with Crippen molar-refractivity contribution in [2.75, 3.05) is 32.7 Å². The molecule has 0 heterocycles. The molecular formula is C11H23NO6S. The van der Waals surface area contributed by atoms with Gasteiger partial charge in [-0.25, -0.2) is 13.1 Å². The van der Waals surface area contributed by atoms with E-state index in [9.17, 15) is 13.2 Å². The zero-order chi connectivity index (χ0) is 14.9. The standard InChI is InChI=1S/C11H23NO6S/c1-4-9(2)10(11(13)14)12-19(15,16)8-7-18-6-5-17-3/h9-10,12H,4-8H2,1-3H3,(H,13,14)/t9-,10-/m0/s1. The van der Waals surface area contributed by atoms with Crippen molar-refractivity contribution in [2.45, 2.75) is 26.3 Å². The second-order valence-corrected chi connectivity index (χ2v) is 6.12. The number of methoxy groups -OCH3 is 1. The summed E-state index contributed by atoms with van der Waals surface area (Å²) in [7, 11) is -2.15. The molecule has 0 rings (SSSR count). The molecule has 0 aromatic carbocycles. The Morgan fingerprint density at radius 1 is 1.32 bits per heavy atom. The maximum Gasteiger partial charge on any atom is 0.322 e. The zero-order valence-corrected chi connectivity index (χ0v) is 12.4. The van der Waals surface area contributed by atoms with Crippen LogP contribution in [0, 0.1) is 5.92 Å². The van der Waals surface area contributed by atoms with Gasteiger partial charge >= 0.3 is 5.97 Å². The number of carbonyl (C=O) groups is 1. The minimum absolute atomic E-state index is 0.00549. The molecule has 0 radical (unpaired) electrons. The number of rotatable bonds is 11. The summed E-state index contributed by atoms with van der Waals surface area (Å²) < 4.78 is 35.4. The molecule has 0 spiro atoms. The van der Waals surface area contributed by atoms with Crippen LogP contribution in [-0.2, 0) is 24.3 Å². The predicted molar refractivity (Wildman–Crippen MR) is 70.5 cm³/mol. The lowest BCUT2D eigenvalue weighted by Gasteiger charge is -2.20. The quantitative estimate of drug-likeness (QED) is 0.523. The van der Waals surface area contributed by atoms with Gasteiger partial charge in [0.15, 0.2) is 0 Å². The fourth-order valence-corrected chi connectivity index (χ4v) is 2.49. The van der Waals surface area contributed by atoms with E-state index in [1.807, 2.05) is 6.92 Å². The van der Waals surface area contributed by atoms with Gasteiger partial charge in [-0.05, 0) is 5.92 Å². The fourth-order valence-electron chi connectivity index (χ4n) is 1.31. The van der Waals surface area contributed by atoms with Crippen molar-refractivity contribution in [1.82, 2.24) is 4.72 Å². The zero-order valence-electron chi connectivity index (χ0n) is 11.6. The van der Waals surface area contributed by atoms with E-state index in [1.54, 1.807) is 6.92 Å². The fraction of sp³-hybridized carbons (Fsp3) is 0.909. The van der Waals surface area contributed by atoms with E-state index in [0.717, 1.165) is 0 Å². The highest BCUT2D eigenvalue weighted by Crippen LogP contribution is 2.09. The van der Waals surface area contributed by atoms with E-state index in [0.29, 0.717) is 19.6 Å². The molecular weight excluding hydrogens is 274 g/mol. The summed E-state index contributed by atoms with van der Waals surface area (Å²) in [6, 6.07) is -1.10. The average Bonchev–Trinajstić information content (AvgIpc) is 2.34. The second-order valence-electron chi connectivity index (χ2n) is 4.24. The van der Waals surface area contributed by atoms with E-state index in [1.165, 1.54) is 7.11 Å². The van der Waals surface area contributed by atoms with Crippen LogP contribution in [0.1, 0.15) is 20.3 Å². The third-order valence-corrected chi connectivity index (χ3v) is 4.03. The van der Waals surface area contributed by atoms with Crippen molar-refractivity contribution < 1.29 is 27.8 Å². The number of carboxylic acids is 1. The summed E-state index contributed by atoms with van der Waals surface area (Å²) in [6.07, 6.45) is 0.573. The first-order valence-electron chi connectivity index (χ1n) is 6.13. The Bertz CT molecular complexity index is 356. The normalized spacial score (nSPS) is 15.1. The number of ether oxygens (including phenoxy) is 2. The first kappa shape index (κ1) is 18.3. The van der Waals surface area contributed by atoms with Gasteiger partial charge in [-0.2, -0.15) is 0 Å². The number of carboxylic acid groups (broad SMARTS) is 1. The van der Waals surface area contributed by atoms with Gasteiger partial charge < -0.3 is 14.6 Å². The summed E-state index contributed by atoms with van der Waals surface area (Å²) >= 11 is 0. The molecule has 0 aliphatic carbocycles. The van der Waals surface area contributed by atoms with Crippen molar-refractivity contribution in [3.8, 4) is 0 Å². The highest BCUT2D eigenvalue weighted by molar-refractivity contribution is 7.89. The summed E-state index contributed by atoms with van der Waals surface area (Å²) in [4.78, 5) is 11.0. The molecule has 0 fully saturated rings. The molecule has 0 aliphatic heterocycles. The molecule has 0 unspecified atom stereocenters. The van der Waals surface area contributed by atoms with Gasteiger partial charge in [-0.15, -0.1) is 0 Å². The van der Waals surface area contributed by atoms with Crippen LogP contribution < -0.4 is 4.72 Å². The van der Waals surface area contributed by atoms with Crippen LogP contribution in [0.3, 0.4) is 0 Å². The van der Waals surface area contributed by atoms with Crippen LogP contribution in [0.15, 0.2) is 0 Å². The van der Waals surface area contributed by atoms with Crippen LogP contribution in [-0.4, -0.2) is 58.2 Å². The molecule has 2 atom stereocenters. The van der Waals surface area contributed by atoms with Crippen LogP contribution in [0.5, 0.6) is 0 Å². The lowest BCUT2D eigenvalue weighted by molar-refractivity contribution is -0.140. The van der Waals surface area contributed by atoms with E-state index in [-0.39, 0.29) is 18.3 Å². The van der Waals surface area contributed by atoms with E-state index < -0.39 is 22.0 Å². The molecule has 0 aromatic rings. The van der Waals surface area contributed by atoms with Crippen LogP contribution >= 0.6 is 0 Å². The number of aliphatic carboxylic acids is 1. The SMILES string of the molecule is CC[C@H](C)[C@H](NS(=O)(=O)CCOCCOC)C(=O)O. The number of sulfonamides is 1. The van der Waals surface area contributed by atoms with Gasteiger partial charge in [0, 0.05) is 7.11 Å². The maximum absolute atomic E-state index is 11.7. The molecule has 7 nitrogen and oxygen atoms in total. The lowest BCUT2D eigenvalue weighted by Crippen LogP contribution is -2.46. The highest BCUT2D eigenvalue weighted by atomic mass is 32.2. The largest absolute Gasteiger partial charge is 0.480 e. The molecule has 0 saturated carbocycles. The summed E-state index contributed by atoms with van der Waals surface area (Å²) in [5, 5.41) is 9.00. The second kappa shape index (κ2) is 9.24. The first-order chi connectivity index (χ1) is 8.84. The Labute approximate surface area is 114 Å². The first-order valence-corrected chi connectivity index (χ1v) is 7.78. The third kappa shape index (κ3) is 8.14. The number of hydrogen-bond acceptors (Lipinski definition) is 5. The Hall–Kier alpha value is -0.700.